The first-order valence-electron chi connectivity index (χ1n) is 11.7. The first-order valence-corrected chi connectivity index (χ1v) is 11.7. The summed E-state index contributed by atoms with van der Waals surface area (Å²) in [5.41, 5.74) is 4.88. The van der Waals surface area contributed by atoms with E-state index in [1.54, 1.807) is 0 Å². The number of aromatic nitrogens is 2. The predicted octanol–water partition coefficient (Wildman–Crippen LogP) is 3.70. The number of aliphatic imine (C=N–C) groups is 1. The van der Waals surface area contributed by atoms with Gasteiger partial charge in [0.2, 0.25) is 5.89 Å². The van der Waals surface area contributed by atoms with Crippen molar-refractivity contribution in [2.24, 2.45) is 10.9 Å². The molecule has 0 amide bonds. The molecule has 7 heteroatoms. The van der Waals surface area contributed by atoms with Crippen LogP contribution >= 0.6 is 0 Å². The maximum Gasteiger partial charge on any atom is 0.208 e. The number of piperidine rings is 1. The maximum atomic E-state index is 5.74. The van der Waals surface area contributed by atoms with E-state index in [0.29, 0.717) is 5.92 Å². The third-order valence-corrected chi connectivity index (χ3v) is 6.60. The van der Waals surface area contributed by atoms with E-state index in [2.05, 4.69) is 61.8 Å². The number of aryl methyl sites for hydroxylation is 3. The highest BCUT2D eigenvalue weighted by Crippen LogP contribution is 2.22. The van der Waals surface area contributed by atoms with Gasteiger partial charge in [-0.1, -0.05) is 12.1 Å². The van der Waals surface area contributed by atoms with Crippen LogP contribution in [-0.4, -0.2) is 54.1 Å². The van der Waals surface area contributed by atoms with E-state index >= 15 is 0 Å². The molecule has 2 aromatic heterocycles. The minimum atomic E-state index is 0.661. The first kappa shape index (κ1) is 22.4. The highest BCUT2D eigenvalue weighted by Gasteiger charge is 2.21. The van der Waals surface area contributed by atoms with Gasteiger partial charge in [0.05, 0.1) is 12.2 Å². The van der Waals surface area contributed by atoms with Crippen molar-refractivity contribution in [1.82, 2.24) is 25.5 Å². The van der Waals surface area contributed by atoms with Crippen LogP contribution in [0.15, 0.2) is 33.8 Å². The van der Waals surface area contributed by atoms with Crippen LogP contribution in [0.5, 0.6) is 0 Å². The molecule has 4 rings (SSSR count). The van der Waals surface area contributed by atoms with Gasteiger partial charge in [0.25, 0.3) is 0 Å². The number of hydrogen-bond donors (Lipinski definition) is 3. The molecule has 0 atom stereocenters. The standard InChI is InChI=1S/C25H36N6O/c1-17-6-5-7-22-24(17)21(15-28-22)8-11-27-25(26-4)29-14-20-9-12-31(13-10-20)16-23-30-18(2)19(3)32-23/h5-7,15,20,28H,8-14,16H2,1-4H3,(H2,26,27,29). The van der Waals surface area contributed by atoms with E-state index in [1.165, 1.54) is 34.9 Å². The van der Waals surface area contributed by atoms with Crippen molar-refractivity contribution in [1.29, 1.82) is 0 Å². The molecule has 1 fully saturated rings. The van der Waals surface area contributed by atoms with Crippen LogP contribution in [0.25, 0.3) is 10.9 Å². The summed E-state index contributed by atoms with van der Waals surface area (Å²) in [7, 11) is 1.84. The Kier molecular flexibility index (Phi) is 7.15. The van der Waals surface area contributed by atoms with E-state index in [1.807, 2.05) is 20.9 Å². The Balaban J connectivity index is 1.18. The Hall–Kier alpha value is -2.80. The van der Waals surface area contributed by atoms with Crippen LogP contribution in [0.3, 0.4) is 0 Å². The van der Waals surface area contributed by atoms with Gasteiger partial charge in [-0.05, 0) is 76.2 Å². The van der Waals surface area contributed by atoms with E-state index in [0.717, 1.165) is 62.4 Å². The average molecular weight is 437 g/mol. The fourth-order valence-corrected chi connectivity index (χ4v) is 4.57. The van der Waals surface area contributed by atoms with Crippen LogP contribution in [0, 0.1) is 26.7 Å². The normalized spacial score (nSPS) is 16.1. The molecule has 1 aliphatic heterocycles. The molecule has 0 bridgehead atoms. The van der Waals surface area contributed by atoms with Crippen molar-refractivity contribution >= 4 is 16.9 Å². The van der Waals surface area contributed by atoms with Crippen molar-refractivity contribution in [3.63, 3.8) is 0 Å². The van der Waals surface area contributed by atoms with Crippen LogP contribution in [0.2, 0.25) is 0 Å². The lowest BCUT2D eigenvalue weighted by Gasteiger charge is -2.31. The van der Waals surface area contributed by atoms with Gasteiger partial charge in [-0.2, -0.15) is 0 Å². The van der Waals surface area contributed by atoms with Gasteiger partial charge in [0.1, 0.15) is 5.76 Å². The highest BCUT2D eigenvalue weighted by atomic mass is 16.4. The zero-order chi connectivity index (χ0) is 22.5. The third-order valence-electron chi connectivity index (χ3n) is 6.60. The molecule has 0 spiro atoms. The second kappa shape index (κ2) is 10.2. The Morgan fingerprint density at radius 2 is 2.03 bits per heavy atom. The second-order valence-corrected chi connectivity index (χ2v) is 8.91. The second-order valence-electron chi connectivity index (χ2n) is 8.91. The van der Waals surface area contributed by atoms with Crippen LogP contribution in [-0.2, 0) is 13.0 Å². The molecule has 0 radical (unpaired) electrons. The van der Waals surface area contributed by atoms with Crippen molar-refractivity contribution in [3.05, 3.63) is 52.9 Å². The summed E-state index contributed by atoms with van der Waals surface area (Å²) in [5, 5.41) is 8.35. The van der Waals surface area contributed by atoms with Crippen molar-refractivity contribution in [2.45, 2.75) is 46.6 Å². The number of benzene rings is 1. The van der Waals surface area contributed by atoms with Gasteiger partial charge in [0.15, 0.2) is 5.96 Å². The summed E-state index contributed by atoms with van der Waals surface area (Å²) in [6.07, 6.45) is 5.45. The zero-order valence-corrected chi connectivity index (χ0v) is 19.8. The first-order chi connectivity index (χ1) is 15.5. The number of hydrogen-bond acceptors (Lipinski definition) is 4. The van der Waals surface area contributed by atoms with Crippen LogP contribution in [0.1, 0.15) is 41.3 Å². The van der Waals surface area contributed by atoms with Crippen molar-refractivity contribution < 1.29 is 4.42 Å². The molecule has 32 heavy (non-hydrogen) atoms. The Morgan fingerprint density at radius 1 is 1.22 bits per heavy atom. The molecular weight excluding hydrogens is 400 g/mol. The van der Waals surface area contributed by atoms with Gasteiger partial charge in [-0.3, -0.25) is 9.89 Å². The minimum absolute atomic E-state index is 0.661. The van der Waals surface area contributed by atoms with Crippen LogP contribution in [0.4, 0.5) is 0 Å². The number of rotatable bonds is 7. The average Bonchev–Trinajstić information content (AvgIpc) is 3.35. The largest absolute Gasteiger partial charge is 0.444 e. The van der Waals surface area contributed by atoms with Gasteiger partial charge in [-0.15, -0.1) is 0 Å². The quantitative estimate of drug-likeness (QED) is 0.389. The summed E-state index contributed by atoms with van der Waals surface area (Å²) >= 11 is 0. The summed E-state index contributed by atoms with van der Waals surface area (Å²) < 4.78 is 5.74. The molecule has 1 aliphatic rings. The number of nitrogens with one attached hydrogen (secondary N) is 3. The lowest BCUT2D eigenvalue weighted by Crippen LogP contribution is -2.43. The van der Waals surface area contributed by atoms with Crippen molar-refractivity contribution in [2.75, 3.05) is 33.2 Å². The molecule has 0 unspecified atom stereocenters. The fourth-order valence-electron chi connectivity index (χ4n) is 4.57. The highest BCUT2D eigenvalue weighted by molar-refractivity contribution is 5.86. The minimum Gasteiger partial charge on any atom is -0.444 e. The molecule has 3 N–H and O–H groups in total. The SMILES string of the molecule is CN=C(NCCc1c[nH]c2cccc(C)c12)NCC1CCN(Cc2nc(C)c(C)o2)CC1. The number of fused-ring (bicyclic) bond motifs is 1. The monoisotopic (exact) mass is 436 g/mol. The fraction of sp³-hybridized carbons (Fsp3) is 0.520. The molecule has 3 aromatic rings. The zero-order valence-electron chi connectivity index (χ0n) is 19.8. The van der Waals surface area contributed by atoms with Crippen molar-refractivity contribution in [3.8, 4) is 0 Å². The molecular formula is C25H36N6O. The van der Waals surface area contributed by atoms with E-state index in [9.17, 15) is 0 Å². The molecule has 0 saturated carbocycles. The van der Waals surface area contributed by atoms with E-state index in [4.69, 9.17) is 4.42 Å². The van der Waals surface area contributed by atoms with Gasteiger partial charge >= 0.3 is 0 Å². The molecule has 172 valence electrons. The van der Waals surface area contributed by atoms with E-state index in [-0.39, 0.29) is 0 Å². The lowest BCUT2D eigenvalue weighted by atomic mass is 9.97. The maximum absolute atomic E-state index is 5.74. The number of guanidine groups is 1. The summed E-state index contributed by atoms with van der Waals surface area (Å²) in [5.74, 6) is 3.31. The molecule has 7 nitrogen and oxygen atoms in total. The predicted molar refractivity (Wildman–Crippen MR) is 130 cm³/mol. The number of H-pyrrole nitrogens is 1. The van der Waals surface area contributed by atoms with Gasteiger partial charge in [0, 0.05) is 37.2 Å². The van der Waals surface area contributed by atoms with Gasteiger partial charge in [-0.25, -0.2) is 4.98 Å². The van der Waals surface area contributed by atoms with E-state index < -0.39 is 0 Å². The summed E-state index contributed by atoms with van der Waals surface area (Å²) in [6, 6.07) is 6.41. The van der Waals surface area contributed by atoms with Crippen LogP contribution < -0.4 is 10.6 Å². The third kappa shape index (κ3) is 5.33. The number of oxazole rings is 1. The van der Waals surface area contributed by atoms with Gasteiger partial charge < -0.3 is 20.0 Å². The number of nitrogens with zero attached hydrogens (tertiary/aromatic N) is 3. The Labute approximate surface area is 190 Å². The Morgan fingerprint density at radius 3 is 2.75 bits per heavy atom. The summed E-state index contributed by atoms with van der Waals surface area (Å²) in [6.45, 7) is 10.9. The molecule has 3 heterocycles. The lowest BCUT2D eigenvalue weighted by molar-refractivity contribution is 0.164. The molecule has 1 aromatic carbocycles. The summed E-state index contributed by atoms with van der Waals surface area (Å²) in [4.78, 5) is 14.8. The number of likely N-dealkylation sites (tertiary alicyclic amines) is 1. The Bertz CT molecular complexity index is 1040. The number of aromatic amines is 1. The smallest absolute Gasteiger partial charge is 0.208 e. The molecule has 0 aliphatic carbocycles. The molecule has 1 saturated heterocycles. The topological polar surface area (TPSA) is 81.5 Å².